The first-order chi connectivity index (χ1) is 3.18. The molecule has 0 rings (SSSR count). The Bertz CT molecular complexity index is 47.4. The van der Waals surface area contributed by atoms with Crippen LogP contribution in [0, 0.1) is 0 Å². The zero-order chi connectivity index (χ0) is 5.86. The number of halogens is 4. The van der Waals surface area contributed by atoms with E-state index in [0.717, 1.165) is 0 Å². The van der Waals surface area contributed by atoms with Crippen LogP contribution in [0.2, 0.25) is 0 Å². The Morgan fingerprint density at radius 1 is 1.43 bits per heavy atom. The first kappa shape index (κ1) is 7.08. The molecule has 0 aromatic carbocycles. The molecule has 44 valence electrons. The summed E-state index contributed by atoms with van der Waals surface area (Å²) in [6.45, 7) is -1.36. The molecule has 2 unspecified atom stereocenters. The summed E-state index contributed by atoms with van der Waals surface area (Å²) in [7, 11) is 0. The van der Waals surface area contributed by atoms with Crippen molar-refractivity contribution in [2.75, 3.05) is 6.67 Å². The quantitative estimate of drug-likeness (QED) is 0.503. The largest absolute Gasteiger partial charge is 0.248 e. The Labute approximate surface area is 44.3 Å². The standard InChI is InChI=1S/C3H4ClF3/c4-3(7)2(6)1-5/h2-3H,1H2. The SMILES string of the molecule is FCC(F)C(F)Cl. The minimum Gasteiger partial charge on any atom is -0.248 e. The maximum atomic E-state index is 11.4. The molecule has 0 aliphatic carbocycles. The topological polar surface area (TPSA) is 0 Å². The molecule has 0 amide bonds. The summed E-state index contributed by atoms with van der Waals surface area (Å²) >= 11 is 4.45. The normalized spacial score (nSPS) is 18.9. The van der Waals surface area contributed by atoms with Gasteiger partial charge in [-0.3, -0.25) is 0 Å². The van der Waals surface area contributed by atoms with Gasteiger partial charge in [0.1, 0.15) is 6.67 Å². The second-order valence-electron chi connectivity index (χ2n) is 1.00. The van der Waals surface area contributed by atoms with Gasteiger partial charge in [0, 0.05) is 0 Å². The molecule has 0 radical (unpaired) electrons. The van der Waals surface area contributed by atoms with Crippen molar-refractivity contribution < 1.29 is 13.2 Å². The van der Waals surface area contributed by atoms with E-state index in [-0.39, 0.29) is 0 Å². The number of alkyl halides is 4. The van der Waals surface area contributed by atoms with Crippen molar-refractivity contribution in [3.8, 4) is 0 Å². The minimum absolute atomic E-state index is 1.36. The molecular weight excluding hydrogens is 128 g/mol. The van der Waals surface area contributed by atoms with Gasteiger partial charge >= 0.3 is 0 Å². The van der Waals surface area contributed by atoms with Gasteiger partial charge in [-0.1, -0.05) is 11.6 Å². The number of hydrogen-bond acceptors (Lipinski definition) is 0. The van der Waals surface area contributed by atoms with Crippen LogP contribution in [0.25, 0.3) is 0 Å². The average molecular weight is 133 g/mol. The molecule has 0 N–H and O–H groups in total. The Balaban J connectivity index is 3.14. The number of hydrogen-bond donors (Lipinski definition) is 0. The lowest BCUT2D eigenvalue weighted by Gasteiger charge is -1.98. The summed E-state index contributed by atoms with van der Waals surface area (Å²) in [5.74, 6) is 0. The van der Waals surface area contributed by atoms with Gasteiger partial charge in [0.25, 0.3) is 0 Å². The van der Waals surface area contributed by atoms with Crippen LogP contribution in [0.15, 0.2) is 0 Å². The van der Waals surface area contributed by atoms with Crippen molar-refractivity contribution >= 4 is 11.6 Å². The Hall–Kier alpha value is 0.0800. The van der Waals surface area contributed by atoms with Crippen LogP contribution in [-0.4, -0.2) is 18.5 Å². The third-order valence-electron chi connectivity index (χ3n) is 0.421. The lowest BCUT2D eigenvalue weighted by atomic mass is 10.5. The molecule has 0 heterocycles. The van der Waals surface area contributed by atoms with Gasteiger partial charge in [0.15, 0.2) is 6.17 Å². The van der Waals surface area contributed by atoms with E-state index in [9.17, 15) is 13.2 Å². The van der Waals surface area contributed by atoms with E-state index in [4.69, 9.17) is 0 Å². The molecule has 0 spiro atoms. The lowest BCUT2D eigenvalue weighted by molar-refractivity contribution is 0.188. The third kappa shape index (κ3) is 2.74. The molecule has 7 heavy (non-hydrogen) atoms. The first-order valence-corrected chi connectivity index (χ1v) is 2.10. The summed E-state index contributed by atoms with van der Waals surface area (Å²) in [6, 6.07) is 0. The Morgan fingerprint density at radius 2 is 1.86 bits per heavy atom. The molecule has 0 saturated carbocycles. The summed E-state index contributed by atoms with van der Waals surface area (Å²) in [4.78, 5) is 0. The molecule has 2 atom stereocenters. The highest BCUT2D eigenvalue weighted by Crippen LogP contribution is 2.07. The molecule has 0 nitrogen and oxygen atoms in total. The van der Waals surface area contributed by atoms with Crippen molar-refractivity contribution in [3.63, 3.8) is 0 Å². The van der Waals surface area contributed by atoms with E-state index in [0.29, 0.717) is 0 Å². The van der Waals surface area contributed by atoms with E-state index in [1.807, 2.05) is 0 Å². The van der Waals surface area contributed by atoms with E-state index >= 15 is 0 Å². The molecule has 4 heteroatoms. The predicted molar refractivity (Wildman–Crippen MR) is 21.6 cm³/mol. The molecule has 0 aliphatic rings. The van der Waals surface area contributed by atoms with Crippen molar-refractivity contribution in [1.29, 1.82) is 0 Å². The van der Waals surface area contributed by atoms with E-state index < -0.39 is 18.5 Å². The summed E-state index contributed by atoms with van der Waals surface area (Å²) < 4.78 is 33.6. The highest BCUT2D eigenvalue weighted by molar-refractivity contribution is 6.19. The fraction of sp³-hybridized carbons (Fsp3) is 1.00. The van der Waals surface area contributed by atoms with Crippen LogP contribution >= 0.6 is 11.6 Å². The zero-order valence-electron chi connectivity index (χ0n) is 3.37. The molecule has 0 aliphatic heterocycles. The molecule has 0 fully saturated rings. The van der Waals surface area contributed by atoms with Gasteiger partial charge in [-0.25, -0.2) is 13.2 Å². The first-order valence-electron chi connectivity index (χ1n) is 1.66. The van der Waals surface area contributed by atoms with Crippen molar-refractivity contribution in [3.05, 3.63) is 0 Å². The van der Waals surface area contributed by atoms with Crippen molar-refractivity contribution in [1.82, 2.24) is 0 Å². The maximum absolute atomic E-state index is 11.4. The molecular formula is C3H4ClF3. The molecule has 0 aromatic heterocycles. The van der Waals surface area contributed by atoms with Gasteiger partial charge < -0.3 is 0 Å². The second-order valence-corrected chi connectivity index (χ2v) is 1.42. The minimum atomic E-state index is -2.20. The van der Waals surface area contributed by atoms with Gasteiger partial charge in [-0.15, -0.1) is 0 Å². The van der Waals surface area contributed by atoms with Crippen molar-refractivity contribution in [2.24, 2.45) is 0 Å². The molecule has 0 bridgehead atoms. The molecule has 0 saturated heterocycles. The van der Waals surface area contributed by atoms with E-state index in [1.165, 1.54) is 0 Å². The number of rotatable bonds is 2. The third-order valence-corrected chi connectivity index (χ3v) is 0.694. The molecule has 0 aromatic rings. The lowest BCUT2D eigenvalue weighted by Crippen LogP contribution is -2.12. The predicted octanol–water partition coefficient (Wildman–Crippen LogP) is 1.83. The second kappa shape index (κ2) is 3.13. The smallest absolute Gasteiger partial charge is 0.206 e. The monoisotopic (exact) mass is 132 g/mol. The van der Waals surface area contributed by atoms with E-state index in [1.54, 1.807) is 0 Å². The van der Waals surface area contributed by atoms with Crippen LogP contribution in [0.1, 0.15) is 0 Å². The highest BCUT2D eigenvalue weighted by atomic mass is 35.5. The fourth-order valence-corrected chi connectivity index (χ4v) is 0.135. The van der Waals surface area contributed by atoms with Crippen molar-refractivity contribution in [2.45, 2.75) is 11.8 Å². The Morgan fingerprint density at radius 3 is 1.86 bits per heavy atom. The van der Waals surface area contributed by atoms with Crippen LogP contribution < -0.4 is 0 Å². The fourth-order valence-electron chi connectivity index (χ4n) is 0.0673. The maximum Gasteiger partial charge on any atom is 0.206 e. The van der Waals surface area contributed by atoms with Gasteiger partial charge in [0.05, 0.1) is 0 Å². The Kier molecular flexibility index (Phi) is 3.17. The van der Waals surface area contributed by atoms with Crippen LogP contribution in [0.4, 0.5) is 13.2 Å². The average Bonchev–Trinajstić information content (AvgIpc) is 1.65. The van der Waals surface area contributed by atoms with Gasteiger partial charge in [0.2, 0.25) is 5.63 Å². The van der Waals surface area contributed by atoms with E-state index in [2.05, 4.69) is 11.6 Å². The van der Waals surface area contributed by atoms with Gasteiger partial charge in [-0.2, -0.15) is 0 Å². The zero-order valence-corrected chi connectivity index (χ0v) is 4.13. The van der Waals surface area contributed by atoms with Gasteiger partial charge in [-0.05, 0) is 0 Å². The van der Waals surface area contributed by atoms with Crippen LogP contribution in [-0.2, 0) is 0 Å². The van der Waals surface area contributed by atoms with Crippen LogP contribution in [0.5, 0.6) is 0 Å². The van der Waals surface area contributed by atoms with Crippen LogP contribution in [0.3, 0.4) is 0 Å². The summed E-state index contributed by atoms with van der Waals surface area (Å²) in [5.41, 5.74) is -2.20. The summed E-state index contributed by atoms with van der Waals surface area (Å²) in [6.07, 6.45) is -2.17. The summed E-state index contributed by atoms with van der Waals surface area (Å²) in [5, 5.41) is 0. The highest BCUT2D eigenvalue weighted by Gasteiger charge is 2.15.